The minimum absolute atomic E-state index is 0.207. The van der Waals surface area contributed by atoms with Crippen molar-refractivity contribution in [2.24, 2.45) is 0 Å². The number of benzene rings is 1. The number of nitrogens with one attached hydrogen (secondary N) is 2. The van der Waals surface area contributed by atoms with Crippen molar-refractivity contribution < 1.29 is 9.47 Å². The standard InChI is InChI=1S/C13H16N2O2S/c1-7-4-8(16-3)5-10-11(7)9-6-13(2,17-10)15-12(18)14-9/h4-5,9H,6H2,1-3H3,(H2,14,15,18). The van der Waals surface area contributed by atoms with Gasteiger partial charge in [0.15, 0.2) is 10.8 Å². The molecule has 0 saturated carbocycles. The van der Waals surface area contributed by atoms with Gasteiger partial charge in [-0.1, -0.05) is 0 Å². The van der Waals surface area contributed by atoms with Gasteiger partial charge in [0.25, 0.3) is 0 Å². The fourth-order valence-electron chi connectivity index (χ4n) is 2.79. The van der Waals surface area contributed by atoms with Crippen LogP contribution in [0.1, 0.15) is 30.5 Å². The summed E-state index contributed by atoms with van der Waals surface area (Å²) in [4.78, 5) is 0. The predicted octanol–water partition coefficient (Wildman–Crippen LogP) is 2.02. The number of thiocarbonyl (C=S) groups is 1. The highest BCUT2D eigenvalue weighted by molar-refractivity contribution is 7.80. The Kier molecular flexibility index (Phi) is 2.41. The van der Waals surface area contributed by atoms with E-state index in [1.54, 1.807) is 7.11 Å². The summed E-state index contributed by atoms with van der Waals surface area (Å²) < 4.78 is 11.4. The molecule has 0 spiro atoms. The number of aryl methyl sites for hydroxylation is 1. The van der Waals surface area contributed by atoms with Gasteiger partial charge in [-0.05, 0) is 37.7 Å². The van der Waals surface area contributed by atoms with Gasteiger partial charge in [0, 0.05) is 18.1 Å². The van der Waals surface area contributed by atoms with Crippen molar-refractivity contribution in [1.29, 1.82) is 0 Å². The molecule has 0 aromatic heterocycles. The summed E-state index contributed by atoms with van der Waals surface area (Å²) >= 11 is 5.23. The van der Waals surface area contributed by atoms with Crippen LogP contribution in [0.3, 0.4) is 0 Å². The Labute approximate surface area is 112 Å². The molecule has 2 N–H and O–H groups in total. The van der Waals surface area contributed by atoms with Crippen LogP contribution < -0.4 is 20.1 Å². The number of fused-ring (bicyclic) bond motifs is 4. The summed E-state index contributed by atoms with van der Waals surface area (Å²) in [5.74, 6) is 1.69. The van der Waals surface area contributed by atoms with Crippen LogP contribution in [0.15, 0.2) is 12.1 Å². The quantitative estimate of drug-likeness (QED) is 0.760. The zero-order valence-corrected chi connectivity index (χ0v) is 11.5. The molecule has 3 rings (SSSR count). The Bertz CT molecular complexity index is 532. The molecule has 2 bridgehead atoms. The van der Waals surface area contributed by atoms with E-state index in [0.29, 0.717) is 5.11 Å². The Hall–Kier alpha value is -1.49. The first kappa shape index (κ1) is 11.6. The molecule has 0 amide bonds. The maximum atomic E-state index is 6.07. The van der Waals surface area contributed by atoms with E-state index in [1.165, 1.54) is 5.56 Å². The lowest BCUT2D eigenvalue weighted by molar-refractivity contribution is 0.0246. The number of methoxy groups -OCH3 is 1. The van der Waals surface area contributed by atoms with Gasteiger partial charge in [-0.15, -0.1) is 0 Å². The lowest BCUT2D eigenvalue weighted by Crippen LogP contribution is -2.62. The van der Waals surface area contributed by atoms with Crippen molar-refractivity contribution in [3.63, 3.8) is 0 Å². The molecule has 1 aromatic rings. The normalized spacial score (nSPS) is 28.6. The second kappa shape index (κ2) is 3.75. The Morgan fingerprint density at radius 3 is 3.00 bits per heavy atom. The third-order valence-corrected chi connectivity index (χ3v) is 3.74. The van der Waals surface area contributed by atoms with Gasteiger partial charge < -0.3 is 20.1 Å². The van der Waals surface area contributed by atoms with Crippen molar-refractivity contribution in [1.82, 2.24) is 10.6 Å². The molecule has 96 valence electrons. The van der Waals surface area contributed by atoms with Crippen molar-refractivity contribution in [2.45, 2.75) is 32.0 Å². The molecule has 0 radical (unpaired) electrons. The second-order valence-electron chi connectivity index (χ2n) is 5.04. The van der Waals surface area contributed by atoms with Crippen molar-refractivity contribution in [2.75, 3.05) is 7.11 Å². The highest BCUT2D eigenvalue weighted by atomic mass is 32.1. The minimum Gasteiger partial charge on any atom is -0.497 e. The third-order valence-electron chi connectivity index (χ3n) is 3.52. The van der Waals surface area contributed by atoms with E-state index in [9.17, 15) is 0 Å². The summed E-state index contributed by atoms with van der Waals surface area (Å²) in [6.07, 6.45) is 0.854. The maximum absolute atomic E-state index is 6.07. The second-order valence-corrected chi connectivity index (χ2v) is 5.45. The van der Waals surface area contributed by atoms with Crippen LogP contribution in [0, 0.1) is 6.92 Å². The average Bonchev–Trinajstić information content (AvgIpc) is 2.25. The molecule has 2 atom stereocenters. The van der Waals surface area contributed by atoms with Gasteiger partial charge in [0.1, 0.15) is 11.5 Å². The first-order valence-electron chi connectivity index (χ1n) is 5.97. The molecule has 18 heavy (non-hydrogen) atoms. The van der Waals surface area contributed by atoms with E-state index in [4.69, 9.17) is 21.7 Å². The predicted molar refractivity (Wildman–Crippen MR) is 73.0 cm³/mol. The molecule has 2 unspecified atom stereocenters. The SMILES string of the molecule is COc1cc(C)c2c(c1)OC1(C)CC2NC(=S)N1. The minimum atomic E-state index is -0.432. The maximum Gasteiger partial charge on any atom is 0.181 e. The summed E-state index contributed by atoms with van der Waals surface area (Å²) in [6, 6.07) is 4.17. The van der Waals surface area contributed by atoms with Gasteiger partial charge >= 0.3 is 0 Å². The van der Waals surface area contributed by atoms with E-state index in [1.807, 2.05) is 19.1 Å². The molecule has 0 aliphatic carbocycles. The van der Waals surface area contributed by atoms with Crippen LogP contribution in [0.5, 0.6) is 11.5 Å². The van der Waals surface area contributed by atoms with Gasteiger partial charge in [-0.3, -0.25) is 0 Å². The summed E-state index contributed by atoms with van der Waals surface area (Å²) in [7, 11) is 1.66. The Balaban J connectivity index is 2.13. The van der Waals surface area contributed by atoms with Crippen LogP contribution in [0.2, 0.25) is 0 Å². The molecule has 2 heterocycles. The average molecular weight is 264 g/mol. The fourth-order valence-corrected chi connectivity index (χ4v) is 3.15. The summed E-state index contributed by atoms with van der Waals surface area (Å²) in [5, 5.41) is 7.13. The first-order valence-corrected chi connectivity index (χ1v) is 6.38. The van der Waals surface area contributed by atoms with E-state index >= 15 is 0 Å². The molecule has 4 nitrogen and oxygen atoms in total. The molecular weight excluding hydrogens is 248 g/mol. The van der Waals surface area contributed by atoms with E-state index in [0.717, 1.165) is 23.5 Å². The molecule has 2 aliphatic heterocycles. The van der Waals surface area contributed by atoms with Gasteiger partial charge in [0.05, 0.1) is 13.2 Å². The Morgan fingerprint density at radius 2 is 2.28 bits per heavy atom. The highest BCUT2D eigenvalue weighted by Gasteiger charge is 2.42. The zero-order valence-electron chi connectivity index (χ0n) is 10.7. The first-order chi connectivity index (χ1) is 8.50. The number of rotatable bonds is 1. The van der Waals surface area contributed by atoms with Crippen LogP contribution in [0.4, 0.5) is 0 Å². The van der Waals surface area contributed by atoms with Crippen LogP contribution in [-0.4, -0.2) is 17.9 Å². The summed E-state index contributed by atoms with van der Waals surface area (Å²) in [5.41, 5.74) is 1.91. The number of ether oxygens (including phenoxy) is 2. The van der Waals surface area contributed by atoms with Crippen molar-refractivity contribution >= 4 is 17.3 Å². The van der Waals surface area contributed by atoms with Gasteiger partial charge in [0.2, 0.25) is 0 Å². The monoisotopic (exact) mass is 264 g/mol. The highest BCUT2D eigenvalue weighted by Crippen LogP contribution is 2.43. The van der Waals surface area contributed by atoms with Gasteiger partial charge in [-0.25, -0.2) is 0 Å². The van der Waals surface area contributed by atoms with Crippen molar-refractivity contribution in [3.05, 3.63) is 23.3 Å². The molecule has 1 fully saturated rings. The van der Waals surface area contributed by atoms with Crippen LogP contribution >= 0.6 is 12.2 Å². The van der Waals surface area contributed by atoms with Crippen LogP contribution in [-0.2, 0) is 0 Å². The molecule has 1 aromatic carbocycles. The Morgan fingerprint density at radius 1 is 1.50 bits per heavy atom. The zero-order chi connectivity index (χ0) is 12.9. The van der Waals surface area contributed by atoms with E-state index < -0.39 is 5.72 Å². The molecular formula is C13H16N2O2S. The van der Waals surface area contributed by atoms with Gasteiger partial charge in [-0.2, -0.15) is 0 Å². The van der Waals surface area contributed by atoms with E-state index in [-0.39, 0.29) is 6.04 Å². The molecule has 1 saturated heterocycles. The number of hydrogen-bond acceptors (Lipinski definition) is 3. The van der Waals surface area contributed by atoms with E-state index in [2.05, 4.69) is 17.6 Å². The number of hydrogen-bond donors (Lipinski definition) is 2. The lowest BCUT2D eigenvalue weighted by Gasteiger charge is -2.46. The molecule has 5 heteroatoms. The fraction of sp³-hybridized carbons (Fsp3) is 0.462. The third kappa shape index (κ3) is 1.70. The van der Waals surface area contributed by atoms with Crippen molar-refractivity contribution in [3.8, 4) is 11.5 Å². The lowest BCUT2D eigenvalue weighted by atomic mass is 9.89. The molecule has 2 aliphatic rings. The largest absolute Gasteiger partial charge is 0.497 e. The van der Waals surface area contributed by atoms with Crippen LogP contribution in [0.25, 0.3) is 0 Å². The smallest absolute Gasteiger partial charge is 0.181 e. The summed E-state index contributed by atoms with van der Waals surface area (Å²) in [6.45, 7) is 4.09. The topological polar surface area (TPSA) is 42.5 Å².